The number of ether oxygens (including phenoxy) is 1. The SMILES string of the molecule is O=C1C[C@@H]2CCC[C@@H](C1)N2C(=O)OCc1ccccc1. The number of piperidine rings is 2. The molecule has 0 aromatic heterocycles. The smallest absolute Gasteiger partial charge is 0.410 e. The van der Waals surface area contributed by atoms with Crippen molar-refractivity contribution in [1.29, 1.82) is 0 Å². The molecule has 2 fully saturated rings. The summed E-state index contributed by atoms with van der Waals surface area (Å²) in [6, 6.07) is 9.78. The van der Waals surface area contributed by atoms with Crippen LogP contribution in [0.25, 0.3) is 0 Å². The number of benzene rings is 1. The molecule has 1 aromatic rings. The van der Waals surface area contributed by atoms with E-state index >= 15 is 0 Å². The zero-order valence-corrected chi connectivity index (χ0v) is 11.5. The number of ketones is 1. The average molecular weight is 273 g/mol. The van der Waals surface area contributed by atoms with E-state index < -0.39 is 0 Å². The van der Waals surface area contributed by atoms with Crippen LogP contribution in [0.3, 0.4) is 0 Å². The van der Waals surface area contributed by atoms with E-state index in [4.69, 9.17) is 4.74 Å². The first kappa shape index (κ1) is 13.2. The van der Waals surface area contributed by atoms with Gasteiger partial charge in [0.25, 0.3) is 0 Å². The highest BCUT2D eigenvalue weighted by molar-refractivity contribution is 5.83. The van der Waals surface area contributed by atoms with E-state index in [0.717, 1.165) is 24.8 Å². The summed E-state index contributed by atoms with van der Waals surface area (Å²) in [7, 11) is 0. The lowest BCUT2D eigenvalue weighted by Gasteiger charge is -2.44. The zero-order chi connectivity index (χ0) is 13.9. The Hall–Kier alpha value is -1.84. The van der Waals surface area contributed by atoms with Crippen LogP contribution < -0.4 is 0 Å². The summed E-state index contributed by atoms with van der Waals surface area (Å²) in [5.41, 5.74) is 0.985. The van der Waals surface area contributed by atoms with Crippen molar-refractivity contribution in [2.45, 2.75) is 50.8 Å². The van der Waals surface area contributed by atoms with Crippen molar-refractivity contribution < 1.29 is 14.3 Å². The molecular weight excluding hydrogens is 254 g/mol. The molecule has 0 unspecified atom stereocenters. The van der Waals surface area contributed by atoms with Crippen molar-refractivity contribution in [3.8, 4) is 0 Å². The van der Waals surface area contributed by atoms with Gasteiger partial charge in [0.1, 0.15) is 12.4 Å². The van der Waals surface area contributed by atoms with Gasteiger partial charge in [0, 0.05) is 24.9 Å². The third-order valence-electron chi connectivity index (χ3n) is 4.20. The maximum atomic E-state index is 12.3. The van der Waals surface area contributed by atoms with Crippen LogP contribution in [0, 0.1) is 0 Å². The van der Waals surface area contributed by atoms with Gasteiger partial charge in [-0.05, 0) is 24.8 Å². The number of hydrogen-bond acceptors (Lipinski definition) is 3. The lowest BCUT2D eigenvalue weighted by Crippen LogP contribution is -2.55. The molecule has 1 amide bonds. The van der Waals surface area contributed by atoms with Crippen LogP contribution in [-0.2, 0) is 16.1 Å². The quantitative estimate of drug-likeness (QED) is 0.832. The van der Waals surface area contributed by atoms with Gasteiger partial charge in [0.2, 0.25) is 0 Å². The number of carbonyl (C=O) groups excluding carboxylic acids is 2. The van der Waals surface area contributed by atoms with E-state index in [9.17, 15) is 9.59 Å². The van der Waals surface area contributed by atoms with Crippen LogP contribution in [0.15, 0.2) is 30.3 Å². The van der Waals surface area contributed by atoms with Crippen LogP contribution in [0.2, 0.25) is 0 Å². The van der Waals surface area contributed by atoms with Crippen LogP contribution >= 0.6 is 0 Å². The maximum absolute atomic E-state index is 12.3. The van der Waals surface area contributed by atoms with Gasteiger partial charge >= 0.3 is 6.09 Å². The lowest BCUT2D eigenvalue weighted by molar-refractivity contribution is -0.126. The molecule has 0 saturated carbocycles. The summed E-state index contributed by atoms with van der Waals surface area (Å²) in [6.45, 7) is 0.295. The molecule has 2 aliphatic heterocycles. The second kappa shape index (κ2) is 5.65. The zero-order valence-electron chi connectivity index (χ0n) is 11.5. The van der Waals surface area contributed by atoms with Crippen molar-refractivity contribution in [3.63, 3.8) is 0 Å². The molecule has 2 saturated heterocycles. The Labute approximate surface area is 118 Å². The number of nitrogens with zero attached hydrogens (tertiary/aromatic N) is 1. The van der Waals surface area contributed by atoms with E-state index in [2.05, 4.69) is 0 Å². The average Bonchev–Trinajstić information content (AvgIpc) is 2.45. The lowest BCUT2D eigenvalue weighted by atomic mass is 9.84. The van der Waals surface area contributed by atoms with E-state index in [0.29, 0.717) is 19.4 Å². The summed E-state index contributed by atoms with van der Waals surface area (Å²) < 4.78 is 5.41. The minimum atomic E-state index is -0.268. The summed E-state index contributed by atoms with van der Waals surface area (Å²) in [6.07, 6.45) is 3.67. The molecule has 20 heavy (non-hydrogen) atoms. The topological polar surface area (TPSA) is 46.6 Å². The molecule has 106 valence electrons. The highest BCUT2D eigenvalue weighted by Crippen LogP contribution is 2.32. The monoisotopic (exact) mass is 273 g/mol. The first-order valence-electron chi connectivity index (χ1n) is 7.25. The third-order valence-corrected chi connectivity index (χ3v) is 4.20. The molecule has 2 heterocycles. The molecule has 4 heteroatoms. The van der Waals surface area contributed by atoms with E-state index in [1.54, 1.807) is 0 Å². The Balaban J connectivity index is 1.63. The molecule has 0 aliphatic carbocycles. The molecule has 2 aliphatic rings. The van der Waals surface area contributed by atoms with Gasteiger partial charge in [-0.2, -0.15) is 0 Å². The fourth-order valence-corrected chi connectivity index (χ4v) is 3.27. The third kappa shape index (κ3) is 2.69. The number of amides is 1. The molecule has 0 spiro atoms. The fraction of sp³-hybridized carbons (Fsp3) is 0.500. The van der Waals surface area contributed by atoms with Crippen molar-refractivity contribution in [2.24, 2.45) is 0 Å². The molecule has 3 rings (SSSR count). The number of rotatable bonds is 2. The molecule has 2 atom stereocenters. The second-order valence-corrected chi connectivity index (χ2v) is 5.63. The van der Waals surface area contributed by atoms with E-state index in [1.807, 2.05) is 35.2 Å². The Morgan fingerprint density at radius 1 is 1.15 bits per heavy atom. The van der Waals surface area contributed by atoms with Gasteiger partial charge in [-0.3, -0.25) is 4.79 Å². The maximum Gasteiger partial charge on any atom is 0.410 e. The Morgan fingerprint density at radius 3 is 2.45 bits per heavy atom. The fourth-order valence-electron chi connectivity index (χ4n) is 3.27. The first-order valence-corrected chi connectivity index (χ1v) is 7.25. The molecular formula is C16H19NO3. The van der Waals surface area contributed by atoms with Crippen molar-refractivity contribution >= 4 is 11.9 Å². The Kier molecular flexibility index (Phi) is 3.72. The van der Waals surface area contributed by atoms with Crippen LogP contribution in [-0.4, -0.2) is 28.9 Å². The van der Waals surface area contributed by atoms with Gasteiger partial charge in [0.15, 0.2) is 0 Å². The van der Waals surface area contributed by atoms with Gasteiger partial charge in [-0.15, -0.1) is 0 Å². The number of Topliss-reactive ketones (excluding diaryl/α,β-unsaturated/α-hetero) is 1. The summed E-state index contributed by atoms with van der Waals surface area (Å²) in [4.78, 5) is 25.7. The molecule has 0 N–H and O–H groups in total. The van der Waals surface area contributed by atoms with Crippen molar-refractivity contribution in [1.82, 2.24) is 4.90 Å². The number of fused-ring (bicyclic) bond motifs is 2. The summed E-state index contributed by atoms with van der Waals surface area (Å²) in [5, 5.41) is 0. The van der Waals surface area contributed by atoms with Crippen molar-refractivity contribution in [2.75, 3.05) is 0 Å². The predicted molar refractivity (Wildman–Crippen MR) is 74.1 cm³/mol. The Bertz CT molecular complexity index is 484. The summed E-state index contributed by atoms with van der Waals surface area (Å²) in [5.74, 6) is 0.284. The number of hydrogen-bond donors (Lipinski definition) is 0. The van der Waals surface area contributed by atoms with Gasteiger partial charge < -0.3 is 9.64 Å². The molecule has 2 bridgehead atoms. The van der Waals surface area contributed by atoms with Crippen LogP contribution in [0.1, 0.15) is 37.7 Å². The summed E-state index contributed by atoms with van der Waals surface area (Å²) >= 11 is 0. The molecule has 0 radical (unpaired) electrons. The van der Waals surface area contributed by atoms with Crippen LogP contribution in [0.5, 0.6) is 0 Å². The number of carbonyl (C=O) groups is 2. The normalized spacial score (nSPS) is 25.4. The second-order valence-electron chi connectivity index (χ2n) is 5.63. The van der Waals surface area contributed by atoms with Gasteiger partial charge in [-0.25, -0.2) is 4.79 Å². The largest absolute Gasteiger partial charge is 0.445 e. The van der Waals surface area contributed by atoms with E-state index in [-0.39, 0.29) is 24.0 Å². The minimum Gasteiger partial charge on any atom is -0.445 e. The predicted octanol–water partition coefficient (Wildman–Crippen LogP) is 2.91. The van der Waals surface area contributed by atoms with Crippen molar-refractivity contribution in [3.05, 3.63) is 35.9 Å². The molecule has 4 nitrogen and oxygen atoms in total. The standard InChI is InChI=1S/C16H19NO3/c18-15-9-13-7-4-8-14(10-15)17(13)16(19)20-11-12-5-2-1-3-6-12/h1-3,5-6,13-14H,4,7-11H2/t13-,14-/m0/s1. The van der Waals surface area contributed by atoms with Gasteiger partial charge in [-0.1, -0.05) is 30.3 Å². The van der Waals surface area contributed by atoms with Crippen LogP contribution in [0.4, 0.5) is 4.79 Å². The van der Waals surface area contributed by atoms with E-state index in [1.165, 1.54) is 0 Å². The highest BCUT2D eigenvalue weighted by Gasteiger charge is 2.41. The van der Waals surface area contributed by atoms with Gasteiger partial charge in [0.05, 0.1) is 0 Å². The Morgan fingerprint density at radius 2 is 1.80 bits per heavy atom. The highest BCUT2D eigenvalue weighted by atomic mass is 16.6. The minimum absolute atomic E-state index is 0.0540. The first-order chi connectivity index (χ1) is 9.74. The molecule has 1 aromatic carbocycles.